The number of ether oxygens (including phenoxy) is 1. The van der Waals surface area contributed by atoms with Crippen molar-refractivity contribution in [2.75, 3.05) is 6.61 Å². The molecule has 0 radical (unpaired) electrons. The molecule has 0 spiro atoms. The first-order valence-corrected chi connectivity index (χ1v) is 6.44. The minimum Gasteiger partial charge on any atom is -0.490 e. The molecule has 0 heterocycles. The van der Waals surface area contributed by atoms with Crippen LogP contribution in [0.2, 0.25) is 5.02 Å². The minimum atomic E-state index is -0.701. The van der Waals surface area contributed by atoms with Gasteiger partial charge in [0.25, 0.3) is 0 Å². The third-order valence-electron chi connectivity index (χ3n) is 2.87. The quantitative estimate of drug-likeness (QED) is 0.925. The van der Waals surface area contributed by atoms with Gasteiger partial charge in [0, 0.05) is 11.6 Å². The molecule has 0 amide bonds. The van der Waals surface area contributed by atoms with Crippen molar-refractivity contribution in [2.45, 2.75) is 13.0 Å². The van der Waals surface area contributed by atoms with Crippen LogP contribution in [0.15, 0.2) is 36.4 Å². The lowest BCUT2D eigenvalue weighted by Crippen LogP contribution is -2.20. The summed E-state index contributed by atoms with van der Waals surface area (Å²) in [6.45, 7) is 1.96. The lowest BCUT2D eigenvalue weighted by Gasteiger charge is -2.15. The molecule has 0 saturated heterocycles. The summed E-state index contributed by atoms with van der Waals surface area (Å²) in [6.07, 6.45) is 0. The van der Waals surface area contributed by atoms with E-state index in [0.29, 0.717) is 10.8 Å². The Bertz CT molecular complexity index is 619. The van der Waals surface area contributed by atoms with Crippen molar-refractivity contribution in [3.8, 4) is 5.75 Å². The molecule has 0 aliphatic heterocycles. The standard InChI is InChI=1S/C15H14ClF2NO/c1-9-2-5-15(12(16)6-9)20-8-14(19)11-4-3-10(17)7-13(11)18/h2-7,14H,8,19H2,1H3. The number of hydrogen-bond acceptors (Lipinski definition) is 2. The number of benzene rings is 2. The van der Waals surface area contributed by atoms with Gasteiger partial charge in [0.1, 0.15) is 24.0 Å². The van der Waals surface area contributed by atoms with E-state index in [0.717, 1.165) is 17.7 Å². The monoisotopic (exact) mass is 297 g/mol. The number of hydrogen-bond donors (Lipinski definition) is 1. The van der Waals surface area contributed by atoms with Crippen molar-refractivity contribution in [1.29, 1.82) is 0 Å². The summed E-state index contributed by atoms with van der Waals surface area (Å²) in [4.78, 5) is 0. The fourth-order valence-corrected chi connectivity index (χ4v) is 2.08. The number of halogens is 3. The van der Waals surface area contributed by atoms with Crippen molar-refractivity contribution in [2.24, 2.45) is 5.73 Å². The van der Waals surface area contributed by atoms with Crippen LogP contribution in [0.5, 0.6) is 5.75 Å². The van der Waals surface area contributed by atoms with E-state index in [4.69, 9.17) is 22.1 Å². The normalized spacial score (nSPS) is 12.2. The molecule has 0 saturated carbocycles. The molecule has 2 aromatic rings. The lowest BCUT2D eigenvalue weighted by molar-refractivity contribution is 0.287. The second-order valence-electron chi connectivity index (χ2n) is 4.52. The molecule has 0 bridgehead atoms. The molecule has 106 valence electrons. The highest BCUT2D eigenvalue weighted by atomic mass is 35.5. The Morgan fingerprint density at radius 1 is 1.20 bits per heavy atom. The molecule has 5 heteroatoms. The number of nitrogens with two attached hydrogens (primary N) is 1. The molecule has 2 rings (SSSR count). The van der Waals surface area contributed by atoms with Gasteiger partial charge in [-0.2, -0.15) is 0 Å². The largest absolute Gasteiger partial charge is 0.490 e. The topological polar surface area (TPSA) is 35.2 Å². The zero-order chi connectivity index (χ0) is 14.7. The number of rotatable bonds is 4. The summed E-state index contributed by atoms with van der Waals surface area (Å²) in [7, 11) is 0. The first-order chi connectivity index (χ1) is 9.47. The third-order valence-corrected chi connectivity index (χ3v) is 3.16. The Kier molecular flexibility index (Phi) is 4.57. The Balaban J connectivity index is 2.06. The zero-order valence-corrected chi connectivity index (χ0v) is 11.6. The summed E-state index contributed by atoms with van der Waals surface area (Å²) in [5.41, 5.74) is 7.06. The van der Waals surface area contributed by atoms with E-state index in [9.17, 15) is 8.78 Å². The summed E-state index contributed by atoms with van der Waals surface area (Å²) >= 11 is 6.02. The highest BCUT2D eigenvalue weighted by Crippen LogP contribution is 2.26. The van der Waals surface area contributed by atoms with Gasteiger partial charge in [-0.15, -0.1) is 0 Å². The fraction of sp³-hybridized carbons (Fsp3) is 0.200. The maximum Gasteiger partial charge on any atom is 0.138 e. The smallest absolute Gasteiger partial charge is 0.138 e. The Hall–Kier alpha value is -1.65. The van der Waals surface area contributed by atoms with Gasteiger partial charge in [0.15, 0.2) is 0 Å². The Morgan fingerprint density at radius 2 is 1.95 bits per heavy atom. The van der Waals surface area contributed by atoms with E-state index >= 15 is 0 Å². The molecule has 1 atom stereocenters. The van der Waals surface area contributed by atoms with Gasteiger partial charge in [-0.1, -0.05) is 23.7 Å². The average molecular weight is 298 g/mol. The van der Waals surface area contributed by atoms with Crippen molar-refractivity contribution in [3.63, 3.8) is 0 Å². The van der Waals surface area contributed by atoms with Gasteiger partial charge < -0.3 is 10.5 Å². The highest BCUT2D eigenvalue weighted by Gasteiger charge is 2.13. The van der Waals surface area contributed by atoms with Crippen LogP contribution in [0.3, 0.4) is 0 Å². The maximum absolute atomic E-state index is 13.6. The predicted molar refractivity (Wildman–Crippen MR) is 75.0 cm³/mol. The van der Waals surface area contributed by atoms with Crippen molar-refractivity contribution < 1.29 is 13.5 Å². The van der Waals surface area contributed by atoms with Crippen LogP contribution in [0, 0.1) is 18.6 Å². The third kappa shape index (κ3) is 3.46. The van der Waals surface area contributed by atoms with Crippen LogP contribution in [-0.4, -0.2) is 6.61 Å². The van der Waals surface area contributed by atoms with E-state index in [1.165, 1.54) is 6.07 Å². The molecule has 2 aromatic carbocycles. The van der Waals surface area contributed by atoms with E-state index in [-0.39, 0.29) is 12.2 Å². The fourth-order valence-electron chi connectivity index (χ4n) is 1.79. The zero-order valence-electron chi connectivity index (χ0n) is 10.9. The van der Waals surface area contributed by atoms with Crippen molar-refractivity contribution >= 4 is 11.6 Å². The summed E-state index contributed by atoms with van der Waals surface area (Å²) in [5.74, 6) is -0.840. The molecule has 0 aliphatic rings. The summed E-state index contributed by atoms with van der Waals surface area (Å²) < 4.78 is 31.9. The van der Waals surface area contributed by atoms with Crippen molar-refractivity contribution in [1.82, 2.24) is 0 Å². The first kappa shape index (κ1) is 14.8. The SMILES string of the molecule is Cc1ccc(OCC(N)c2ccc(F)cc2F)c(Cl)c1. The number of aryl methyl sites for hydroxylation is 1. The first-order valence-electron chi connectivity index (χ1n) is 6.07. The Labute approximate surface area is 121 Å². The second kappa shape index (κ2) is 6.20. The molecular weight excluding hydrogens is 284 g/mol. The van der Waals surface area contributed by atoms with Gasteiger partial charge in [-0.25, -0.2) is 8.78 Å². The summed E-state index contributed by atoms with van der Waals surface area (Å²) in [6, 6.07) is 7.92. The van der Waals surface area contributed by atoms with Gasteiger partial charge in [0.05, 0.1) is 11.1 Å². The summed E-state index contributed by atoms with van der Waals surface area (Å²) in [5, 5.41) is 0.469. The van der Waals surface area contributed by atoms with E-state index in [1.807, 2.05) is 13.0 Å². The minimum absolute atomic E-state index is 0.0470. The van der Waals surface area contributed by atoms with Gasteiger partial charge in [-0.3, -0.25) is 0 Å². The van der Waals surface area contributed by atoms with Crippen LogP contribution in [0.25, 0.3) is 0 Å². The van der Waals surface area contributed by atoms with E-state index in [1.54, 1.807) is 12.1 Å². The Morgan fingerprint density at radius 3 is 2.60 bits per heavy atom. The molecular formula is C15H14ClF2NO. The van der Waals surface area contributed by atoms with Crippen LogP contribution < -0.4 is 10.5 Å². The average Bonchev–Trinajstić information content (AvgIpc) is 2.37. The van der Waals surface area contributed by atoms with Gasteiger partial charge in [-0.05, 0) is 30.7 Å². The highest BCUT2D eigenvalue weighted by molar-refractivity contribution is 6.32. The van der Waals surface area contributed by atoms with E-state index < -0.39 is 17.7 Å². The van der Waals surface area contributed by atoms with Crippen LogP contribution in [-0.2, 0) is 0 Å². The van der Waals surface area contributed by atoms with Crippen LogP contribution in [0.1, 0.15) is 17.2 Å². The molecule has 2 N–H and O–H groups in total. The molecule has 2 nitrogen and oxygen atoms in total. The second-order valence-corrected chi connectivity index (χ2v) is 4.92. The lowest BCUT2D eigenvalue weighted by atomic mass is 10.1. The maximum atomic E-state index is 13.6. The van der Waals surface area contributed by atoms with Crippen LogP contribution >= 0.6 is 11.6 Å². The van der Waals surface area contributed by atoms with E-state index in [2.05, 4.69) is 0 Å². The molecule has 0 aromatic heterocycles. The molecule has 20 heavy (non-hydrogen) atoms. The van der Waals surface area contributed by atoms with Gasteiger partial charge in [0.2, 0.25) is 0 Å². The molecule has 0 fully saturated rings. The van der Waals surface area contributed by atoms with Gasteiger partial charge >= 0.3 is 0 Å². The molecule has 1 unspecified atom stereocenters. The van der Waals surface area contributed by atoms with Crippen molar-refractivity contribution in [3.05, 3.63) is 64.2 Å². The molecule has 0 aliphatic carbocycles. The van der Waals surface area contributed by atoms with Crippen LogP contribution in [0.4, 0.5) is 8.78 Å². The predicted octanol–water partition coefficient (Wildman–Crippen LogP) is 4.01.